The first kappa shape index (κ1) is 34.5. The average molecular weight is 727 g/mol. The molecule has 1 radical (unpaired) electrons. The third-order valence-corrected chi connectivity index (χ3v) is 12.3. The van der Waals surface area contributed by atoms with Gasteiger partial charge in [-0.2, -0.15) is 0 Å². The average Bonchev–Trinajstić information content (AvgIpc) is 3.64. The molecule has 0 aromatic rings. The maximum absolute atomic E-state index is 13.3. The molecule has 0 bridgehead atoms. The van der Waals surface area contributed by atoms with E-state index >= 15 is 0 Å². The molecule has 2 aliphatic carbocycles. The molecule has 0 N–H and O–H groups in total. The molecule has 8 aliphatic rings. The quantitative estimate of drug-likeness (QED) is 0.0981. The highest BCUT2D eigenvalue weighted by Gasteiger charge is 2.83. The minimum atomic E-state index is -2.66. The first-order valence-corrected chi connectivity index (χ1v) is 17.7. The van der Waals surface area contributed by atoms with Crippen molar-refractivity contribution in [3.8, 4) is 0 Å². The van der Waals surface area contributed by atoms with Crippen LogP contribution in [0.3, 0.4) is 0 Å². The Labute approximate surface area is 301 Å². The molecule has 53 heavy (non-hydrogen) atoms. The predicted molar refractivity (Wildman–Crippen MR) is 170 cm³/mol. The Morgan fingerprint density at radius 1 is 0.396 bits per heavy atom. The van der Waals surface area contributed by atoms with Gasteiger partial charge in [-0.25, -0.2) is 0 Å². The first-order valence-electron chi connectivity index (χ1n) is 17.7. The third kappa shape index (κ3) is 4.51. The molecular weight excluding hydrogens is 695 g/mol. The molecule has 4 atom stereocenters. The summed E-state index contributed by atoms with van der Waals surface area (Å²) in [7, 11) is 0.489. The number of carbonyl (C=O) groups excluding carboxylic acids is 12. The fraction of sp³-hybridized carbons (Fsp3) is 0.529. The van der Waals surface area contributed by atoms with Crippen molar-refractivity contribution in [2.75, 3.05) is 26.2 Å². The zero-order valence-corrected chi connectivity index (χ0v) is 28.3. The molecule has 2 spiro atoms. The Balaban J connectivity index is 0.872. The molecule has 273 valence electrons. The number of rotatable bonds is 10. The van der Waals surface area contributed by atoms with Gasteiger partial charge in [0.05, 0.1) is 0 Å². The highest BCUT2D eigenvalue weighted by atomic mass is 16.2. The van der Waals surface area contributed by atoms with Crippen LogP contribution in [0, 0.1) is 34.5 Å². The highest BCUT2D eigenvalue weighted by Crippen LogP contribution is 2.49. The van der Waals surface area contributed by atoms with Crippen molar-refractivity contribution in [2.24, 2.45) is 34.5 Å². The number of likely N-dealkylation sites (tertiary alicyclic amines) is 2. The van der Waals surface area contributed by atoms with Crippen molar-refractivity contribution in [3.63, 3.8) is 0 Å². The SMILES string of the molecule is O=C1C=CC(=O)N1CC1CCCCC1CN1C(=O)C2(C(=O)N([B]N3C(=O)C4(C3=O)C(=O)N(CC3CCCCC3CN3C(=O)C=CC3=O)C4=O)C2=O)C1=O. The summed E-state index contributed by atoms with van der Waals surface area (Å²) in [6, 6.07) is 0. The van der Waals surface area contributed by atoms with Gasteiger partial charge in [0, 0.05) is 50.5 Å². The predicted octanol–water partition coefficient (Wildman–Crippen LogP) is -2.57. The van der Waals surface area contributed by atoms with E-state index in [0.29, 0.717) is 33.2 Å². The van der Waals surface area contributed by atoms with Crippen molar-refractivity contribution in [1.82, 2.24) is 29.2 Å². The van der Waals surface area contributed by atoms with Crippen LogP contribution in [0.25, 0.3) is 0 Å². The largest absolute Gasteiger partial charge is 0.411 e. The Hall–Kier alpha value is -5.62. The standard InChI is InChI=1S/C34H32BN6O12/c42-21-9-10-22(43)36(21)13-17-5-1-3-7-19(17)15-38-25(46)33(26(38)47)29(50)40(30(33)51)35-41-31(52)34(32(41)53)27(48)39(28(34)49)16-20-8-4-2-6-18(20)14-37-23(44)11-12-24(37)45/h9-12,17-20H,1-8,13-16H2. The molecule has 6 aliphatic heterocycles. The molecule has 6 fully saturated rings. The molecule has 12 amide bonds. The van der Waals surface area contributed by atoms with E-state index in [-0.39, 0.29) is 59.5 Å². The fourth-order valence-corrected chi connectivity index (χ4v) is 9.13. The molecule has 4 saturated heterocycles. The smallest absolute Gasteiger partial charge is 0.305 e. The van der Waals surface area contributed by atoms with E-state index < -0.39 is 81.7 Å². The molecule has 6 heterocycles. The van der Waals surface area contributed by atoms with Gasteiger partial charge in [-0.3, -0.25) is 77.1 Å². The normalized spacial score (nSPS) is 30.3. The zero-order chi connectivity index (χ0) is 37.7. The number of nitrogens with zero attached hydrogens (tertiary/aromatic N) is 6. The lowest BCUT2D eigenvalue weighted by Crippen LogP contribution is -2.89. The number of β-lactam (4-membered cyclic amide) rings is 8. The van der Waals surface area contributed by atoms with Crippen LogP contribution in [0.1, 0.15) is 51.4 Å². The second-order valence-electron chi connectivity index (χ2n) is 14.9. The van der Waals surface area contributed by atoms with Gasteiger partial charge in [0.25, 0.3) is 81.7 Å². The van der Waals surface area contributed by atoms with E-state index in [2.05, 4.69) is 0 Å². The van der Waals surface area contributed by atoms with Gasteiger partial charge in [-0.15, -0.1) is 0 Å². The lowest BCUT2D eigenvalue weighted by Gasteiger charge is -2.57. The first-order chi connectivity index (χ1) is 25.3. The van der Waals surface area contributed by atoms with E-state index in [9.17, 15) is 57.5 Å². The molecule has 4 unspecified atom stereocenters. The van der Waals surface area contributed by atoms with Crippen molar-refractivity contribution in [2.45, 2.75) is 51.4 Å². The second kappa shape index (κ2) is 12.0. The maximum atomic E-state index is 13.3. The van der Waals surface area contributed by atoms with E-state index in [4.69, 9.17) is 0 Å². The van der Waals surface area contributed by atoms with Gasteiger partial charge in [0.1, 0.15) is 0 Å². The van der Waals surface area contributed by atoms with Crippen LogP contribution in [0.2, 0.25) is 0 Å². The molecule has 8 rings (SSSR count). The Kier molecular flexibility index (Phi) is 7.78. The van der Waals surface area contributed by atoms with Crippen LogP contribution < -0.4 is 0 Å². The van der Waals surface area contributed by atoms with Crippen molar-refractivity contribution in [3.05, 3.63) is 24.3 Å². The number of amides is 12. The zero-order valence-electron chi connectivity index (χ0n) is 28.3. The summed E-state index contributed by atoms with van der Waals surface area (Å²) < 4.78 is 0. The Bertz CT molecular complexity index is 1720. The molecule has 2 saturated carbocycles. The summed E-state index contributed by atoms with van der Waals surface area (Å²) in [6.45, 7) is -0.0572. The van der Waals surface area contributed by atoms with Gasteiger partial charge in [0.15, 0.2) is 0 Å². The third-order valence-electron chi connectivity index (χ3n) is 12.3. The van der Waals surface area contributed by atoms with E-state index in [0.717, 1.165) is 45.3 Å². The van der Waals surface area contributed by atoms with Gasteiger partial charge in [0.2, 0.25) is 0 Å². The number of imide groups is 6. The van der Waals surface area contributed by atoms with Crippen LogP contribution in [-0.4, -0.2) is 134 Å². The topological polar surface area (TPSA) is 224 Å². The Morgan fingerprint density at radius 3 is 0.906 bits per heavy atom. The summed E-state index contributed by atoms with van der Waals surface area (Å²) in [5.41, 5.74) is -5.31. The molecule has 19 heteroatoms. The number of carbonyl (C=O) groups is 12. The Morgan fingerprint density at radius 2 is 0.642 bits per heavy atom. The van der Waals surface area contributed by atoms with E-state index in [1.165, 1.54) is 24.3 Å². The van der Waals surface area contributed by atoms with Crippen molar-refractivity contribution < 1.29 is 57.5 Å². The summed E-state index contributed by atoms with van der Waals surface area (Å²) in [6.07, 6.45) is 10.3. The summed E-state index contributed by atoms with van der Waals surface area (Å²) in [5.74, 6) is -12.2. The summed E-state index contributed by atoms with van der Waals surface area (Å²) in [5, 5.41) is 0. The van der Waals surface area contributed by atoms with Crippen LogP contribution in [0.5, 0.6) is 0 Å². The van der Waals surface area contributed by atoms with Gasteiger partial charge in [-0.1, -0.05) is 25.7 Å². The second-order valence-corrected chi connectivity index (χ2v) is 14.9. The maximum Gasteiger partial charge on any atom is 0.411 e. The van der Waals surface area contributed by atoms with Crippen LogP contribution >= 0.6 is 0 Å². The van der Waals surface area contributed by atoms with E-state index in [1.54, 1.807) is 0 Å². The molecule has 0 aromatic heterocycles. The van der Waals surface area contributed by atoms with Crippen molar-refractivity contribution in [1.29, 1.82) is 0 Å². The van der Waals surface area contributed by atoms with Crippen LogP contribution in [0.4, 0.5) is 0 Å². The summed E-state index contributed by atoms with van der Waals surface area (Å²) in [4.78, 5) is 159. The molecular formula is C34H32BN6O12. The summed E-state index contributed by atoms with van der Waals surface area (Å²) >= 11 is 0. The molecule has 18 nitrogen and oxygen atoms in total. The van der Waals surface area contributed by atoms with Crippen molar-refractivity contribution >= 4 is 78.4 Å². The lowest BCUT2D eigenvalue weighted by atomic mass is 9.62. The van der Waals surface area contributed by atoms with Crippen LogP contribution in [-0.2, 0) is 57.5 Å². The van der Waals surface area contributed by atoms with Gasteiger partial charge in [-0.05, 0) is 49.4 Å². The van der Waals surface area contributed by atoms with Crippen LogP contribution in [0.15, 0.2) is 24.3 Å². The van der Waals surface area contributed by atoms with Gasteiger partial charge < -0.3 is 9.62 Å². The number of hydrogen-bond acceptors (Lipinski definition) is 12. The minimum Gasteiger partial charge on any atom is -0.305 e. The monoisotopic (exact) mass is 727 g/mol. The van der Waals surface area contributed by atoms with Gasteiger partial charge >= 0.3 is 7.55 Å². The van der Waals surface area contributed by atoms with E-state index in [1.807, 2.05) is 0 Å². The number of hydrogen-bond donors (Lipinski definition) is 0. The highest BCUT2D eigenvalue weighted by molar-refractivity contribution is 6.67. The fourth-order valence-electron chi connectivity index (χ4n) is 9.13. The lowest BCUT2D eigenvalue weighted by molar-refractivity contribution is -0.196. The molecule has 0 aromatic carbocycles. The minimum absolute atomic E-state index is 0.0987.